The van der Waals surface area contributed by atoms with Crippen LogP contribution in [0.15, 0.2) is 23.2 Å². The topological polar surface area (TPSA) is 80.5 Å². The van der Waals surface area contributed by atoms with E-state index in [0.717, 1.165) is 5.56 Å². The van der Waals surface area contributed by atoms with Crippen LogP contribution in [-0.4, -0.2) is 25.1 Å². The first-order valence-electron chi connectivity index (χ1n) is 7.29. The molecule has 0 fully saturated rings. The van der Waals surface area contributed by atoms with Gasteiger partial charge in [0.15, 0.2) is 5.78 Å². The predicted octanol–water partition coefficient (Wildman–Crippen LogP) is 2.37. The molecule has 0 radical (unpaired) electrons. The first kappa shape index (κ1) is 16.7. The van der Waals surface area contributed by atoms with Crippen LogP contribution in [0.25, 0.3) is 6.08 Å². The van der Waals surface area contributed by atoms with Crippen LogP contribution >= 0.6 is 0 Å². The Hall–Kier alpha value is -1.66. The van der Waals surface area contributed by atoms with E-state index >= 15 is 0 Å². The fourth-order valence-corrected chi connectivity index (χ4v) is 3.30. The number of Topliss-reactive ketones (excluding diaryl/α,β-unsaturated/α-hetero) is 1. The maximum atomic E-state index is 12.2. The monoisotopic (exact) mass is 322 g/mol. The van der Waals surface area contributed by atoms with Gasteiger partial charge in [-0.05, 0) is 43.2 Å². The highest BCUT2D eigenvalue weighted by Crippen LogP contribution is 2.29. The van der Waals surface area contributed by atoms with E-state index in [0.29, 0.717) is 17.7 Å². The Morgan fingerprint density at radius 3 is 2.36 bits per heavy atom. The Kier molecular flexibility index (Phi) is 4.44. The highest BCUT2D eigenvalue weighted by atomic mass is 32.2. The van der Waals surface area contributed by atoms with Crippen molar-refractivity contribution in [2.24, 2.45) is 11.1 Å². The second kappa shape index (κ2) is 5.85. The Morgan fingerprint density at radius 2 is 1.86 bits per heavy atom. The fraction of sp³-hybridized carbons (Fsp3) is 0.438. The summed E-state index contributed by atoms with van der Waals surface area (Å²) in [4.78, 5) is 14.3. The average Bonchev–Trinajstić information content (AvgIpc) is 2.43. The summed E-state index contributed by atoms with van der Waals surface area (Å²) < 4.78 is 23.9. The van der Waals surface area contributed by atoms with Crippen molar-refractivity contribution in [1.82, 2.24) is 4.90 Å². The van der Waals surface area contributed by atoms with Crippen molar-refractivity contribution in [1.29, 1.82) is 0 Å². The van der Waals surface area contributed by atoms with Crippen molar-refractivity contribution < 1.29 is 13.2 Å². The molecule has 1 aliphatic rings. The number of benzene rings is 1. The van der Waals surface area contributed by atoms with Crippen LogP contribution in [0, 0.1) is 5.92 Å². The fourth-order valence-electron chi connectivity index (χ4n) is 2.48. The minimum atomic E-state index is -3.89. The molecule has 0 unspecified atom stereocenters. The molecule has 2 N–H and O–H groups in total. The summed E-state index contributed by atoms with van der Waals surface area (Å²) in [6.07, 6.45) is 3.76. The van der Waals surface area contributed by atoms with Gasteiger partial charge in [-0.3, -0.25) is 4.79 Å². The molecule has 120 valence electrons. The molecular weight excluding hydrogens is 300 g/mol. The number of rotatable bonds is 4. The molecule has 0 saturated heterocycles. The molecule has 5 nitrogen and oxygen atoms in total. The van der Waals surface area contributed by atoms with Gasteiger partial charge in [0.25, 0.3) is 0 Å². The van der Waals surface area contributed by atoms with Crippen molar-refractivity contribution >= 4 is 21.9 Å². The molecule has 1 aromatic rings. The Labute approximate surface area is 131 Å². The number of hydrogen-bond acceptors (Lipinski definition) is 4. The van der Waals surface area contributed by atoms with Gasteiger partial charge < -0.3 is 4.90 Å². The third-order valence-corrected chi connectivity index (χ3v) is 4.79. The summed E-state index contributed by atoms with van der Waals surface area (Å²) in [6, 6.07) is 3.41. The summed E-state index contributed by atoms with van der Waals surface area (Å²) in [7, 11) is -3.89. The van der Waals surface area contributed by atoms with Crippen LogP contribution in [0.1, 0.15) is 49.2 Å². The molecule has 0 spiro atoms. The van der Waals surface area contributed by atoms with Crippen molar-refractivity contribution in [2.75, 3.05) is 0 Å². The van der Waals surface area contributed by atoms with Crippen LogP contribution in [0.4, 0.5) is 0 Å². The number of hydrogen-bond donors (Lipinski definition) is 1. The van der Waals surface area contributed by atoms with Gasteiger partial charge in [-0.2, -0.15) is 0 Å². The number of sulfonamides is 1. The third-order valence-electron chi connectivity index (χ3n) is 3.81. The standard InChI is InChI=1S/C16H22N2O3S/c1-10(2)16(19)13-7-12-5-6-18(11(3)4)9-14(12)15(8-13)22(17,20)21/h5-8,10-11H,9H2,1-4H3,(H2,17,20,21). The second-order valence-electron chi connectivity index (χ2n) is 6.19. The molecule has 0 aliphatic carbocycles. The first-order valence-corrected chi connectivity index (χ1v) is 8.83. The van der Waals surface area contributed by atoms with Gasteiger partial charge in [-0.1, -0.05) is 13.8 Å². The van der Waals surface area contributed by atoms with Gasteiger partial charge in [0, 0.05) is 30.3 Å². The number of carbonyl (C=O) groups is 1. The zero-order chi connectivity index (χ0) is 16.7. The zero-order valence-corrected chi connectivity index (χ0v) is 14.1. The average molecular weight is 322 g/mol. The molecule has 0 aromatic heterocycles. The van der Waals surface area contributed by atoms with Crippen LogP contribution in [-0.2, 0) is 16.6 Å². The van der Waals surface area contributed by atoms with Crippen LogP contribution in [0.3, 0.4) is 0 Å². The number of fused-ring (bicyclic) bond motifs is 1. The van der Waals surface area contributed by atoms with Crippen molar-refractivity contribution in [2.45, 2.75) is 45.2 Å². The van der Waals surface area contributed by atoms with Gasteiger partial charge >= 0.3 is 0 Å². The molecular formula is C16H22N2O3S. The lowest BCUT2D eigenvalue weighted by Crippen LogP contribution is -2.29. The lowest BCUT2D eigenvalue weighted by atomic mass is 9.95. The number of nitrogens with two attached hydrogens (primary N) is 1. The van der Waals surface area contributed by atoms with E-state index < -0.39 is 10.0 Å². The molecule has 2 rings (SSSR count). The maximum Gasteiger partial charge on any atom is 0.238 e. The van der Waals surface area contributed by atoms with E-state index in [1.807, 2.05) is 31.0 Å². The summed E-state index contributed by atoms with van der Waals surface area (Å²) >= 11 is 0. The summed E-state index contributed by atoms with van der Waals surface area (Å²) in [5.41, 5.74) is 1.78. The van der Waals surface area contributed by atoms with Crippen LogP contribution < -0.4 is 5.14 Å². The number of carbonyl (C=O) groups excluding carboxylic acids is 1. The Bertz CT molecular complexity index is 734. The normalized spacial score (nSPS) is 14.6. The number of primary sulfonamides is 1. The quantitative estimate of drug-likeness (QED) is 0.863. The van der Waals surface area contributed by atoms with Crippen molar-refractivity contribution in [3.8, 4) is 0 Å². The molecule has 0 amide bonds. The van der Waals surface area contributed by atoms with Gasteiger partial charge in [-0.15, -0.1) is 0 Å². The zero-order valence-electron chi connectivity index (χ0n) is 13.3. The summed E-state index contributed by atoms with van der Waals surface area (Å²) in [5, 5.41) is 5.37. The summed E-state index contributed by atoms with van der Waals surface area (Å²) in [6.45, 7) is 8.10. The van der Waals surface area contributed by atoms with Crippen LogP contribution in [0.2, 0.25) is 0 Å². The molecule has 1 heterocycles. The third kappa shape index (κ3) is 3.23. The highest BCUT2D eigenvalue weighted by molar-refractivity contribution is 7.89. The molecule has 0 bridgehead atoms. The van der Waals surface area contributed by atoms with Crippen molar-refractivity contribution in [3.63, 3.8) is 0 Å². The smallest absolute Gasteiger partial charge is 0.238 e. The van der Waals surface area contributed by atoms with Crippen LogP contribution in [0.5, 0.6) is 0 Å². The van der Waals surface area contributed by atoms with Gasteiger partial charge in [0.2, 0.25) is 10.0 Å². The van der Waals surface area contributed by atoms with E-state index in [2.05, 4.69) is 0 Å². The highest BCUT2D eigenvalue weighted by Gasteiger charge is 2.24. The van der Waals surface area contributed by atoms with E-state index in [-0.39, 0.29) is 22.6 Å². The predicted molar refractivity (Wildman–Crippen MR) is 86.7 cm³/mol. The maximum absolute atomic E-state index is 12.2. The Balaban J connectivity index is 2.64. The Morgan fingerprint density at radius 1 is 1.23 bits per heavy atom. The molecule has 6 heteroatoms. The van der Waals surface area contributed by atoms with Gasteiger partial charge in [-0.25, -0.2) is 13.6 Å². The molecule has 22 heavy (non-hydrogen) atoms. The number of nitrogens with zero attached hydrogens (tertiary/aromatic N) is 1. The number of ketones is 1. The minimum absolute atomic E-state index is 0.0454. The second-order valence-corrected chi connectivity index (χ2v) is 7.72. The van der Waals surface area contributed by atoms with Gasteiger partial charge in [0.05, 0.1) is 4.90 Å². The first-order chi connectivity index (χ1) is 10.1. The molecule has 0 atom stereocenters. The van der Waals surface area contributed by atoms with E-state index in [4.69, 9.17) is 5.14 Å². The van der Waals surface area contributed by atoms with Gasteiger partial charge in [0.1, 0.15) is 0 Å². The molecule has 1 aliphatic heterocycles. The molecule has 1 aromatic carbocycles. The van der Waals surface area contributed by atoms with E-state index in [1.165, 1.54) is 6.07 Å². The lowest BCUT2D eigenvalue weighted by Gasteiger charge is -2.30. The van der Waals surface area contributed by atoms with E-state index in [9.17, 15) is 13.2 Å². The summed E-state index contributed by atoms with van der Waals surface area (Å²) in [5.74, 6) is -0.293. The minimum Gasteiger partial charge on any atom is -0.371 e. The lowest BCUT2D eigenvalue weighted by molar-refractivity contribution is 0.0939. The molecule has 0 saturated carbocycles. The SMILES string of the molecule is CC(C)C(=O)c1cc2c(c(S(N)(=O)=O)c1)CN(C(C)C)C=C2. The van der Waals surface area contributed by atoms with Crippen molar-refractivity contribution in [3.05, 3.63) is 35.0 Å². The largest absolute Gasteiger partial charge is 0.371 e. The van der Waals surface area contributed by atoms with E-state index in [1.54, 1.807) is 19.9 Å².